The Morgan fingerprint density at radius 3 is 2.72 bits per heavy atom. The number of halogens is 1. The number of benzene rings is 1. The second kappa shape index (κ2) is 6.79. The molecule has 3 nitrogen and oxygen atoms in total. The average Bonchev–Trinajstić information content (AvgIpc) is 2.29. The molecule has 0 spiro atoms. The van der Waals surface area contributed by atoms with Crippen molar-refractivity contribution in [2.45, 2.75) is 24.8 Å². The summed E-state index contributed by atoms with van der Waals surface area (Å²) in [6.45, 7) is 2.92. The monoisotopic (exact) mass is 285 g/mol. The molecule has 0 aliphatic carbocycles. The smallest absolute Gasteiger partial charge is 0.175 e. The minimum absolute atomic E-state index is 0.282. The Bertz CT molecular complexity index is 570. The van der Waals surface area contributed by atoms with Crippen LogP contribution in [0.4, 0.5) is 0 Å². The maximum absolute atomic E-state index is 11.6. The largest absolute Gasteiger partial charge is 0.312 e. The Balaban J connectivity index is 2.83. The third-order valence-corrected chi connectivity index (χ3v) is 3.92. The van der Waals surface area contributed by atoms with Crippen molar-refractivity contribution < 1.29 is 8.42 Å². The van der Waals surface area contributed by atoms with Crippen LogP contribution in [0.5, 0.6) is 0 Å². The molecule has 0 aromatic heterocycles. The highest BCUT2D eigenvalue weighted by Crippen LogP contribution is 2.23. The average molecular weight is 286 g/mol. The third-order valence-electron chi connectivity index (χ3n) is 2.38. The van der Waals surface area contributed by atoms with Crippen LogP contribution in [0.3, 0.4) is 0 Å². The summed E-state index contributed by atoms with van der Waals surface area (Å²) in [7, 11) is -3.26. The normalized spacial score (nSPS) is 10.8. The molecule has 98 valence electrons. The van der Waals surface area contributed by atoms with Crippen molar-refractivity contribution >= 4 is 21.4 Å². The number of hydrogen-bond donors (Lipinski definition) is 1. The molecule has 0 atom stereocenters. The van der Waals surface area contributed by atoms with Gasteiger partial charge in [-0.25, -0.2) is 8.42 Å². The summed E-state index contributed by atoms with van der Waals surface area (Å²) in [5.74, 6) is 5.73. The maximum atomic E-state index is 11.6. The van der Waals surface area contributed by atoms with Crippen molar-refractivity contribution in [3.63, 3.8) is 0 Å². The van der Waals surface area contributed by atoms with E-state index in [9.17, 15) is 8.42 Å². The molecule has 1 aromatic carbocycles. The van der Waals surface area contributed by atoms with Gasteiger partial charge in [-0.3, -0.25) is 0 Å². The van der Waals surface area contributed by atoms with Gasteiger partial charge in [-0.15, -0.1) is 11.8 Å². The molecule has 1 rings (SSSR count). The lowest BCUT2D eigenvalue weighted by Gasteiger charge is -2.10. The highest BCUT2D eigenvalue weighted by molar-refractivity contribution is 7.90. The van der Waals surface area contributed by atoms with Gasteiger partial charge in [0.05, 0.1) is 4.90 Å². The SMILES string of the molecule is CC#CCCNCc1c(Cl)cccc1S(C)(=O)=O. The predicted octanol–water partition coefficient (Wildman–Crippen LogP) is 2.25. The highest BCUT2D eigenvalue weighted by atomic mass is 35.5. The van der Waals surface area contributed by atoms with E-state index in [1.54, 1.807) is 25.1 Å². The number of nitrogens with one attached hydrogen (secondary N) is 1. The summed E-state index contributed by atoms with van der Waals surface area (Å²) in [5.41, 5.74) is 0.617. The maximum Gasteiger partial charge on any atom is 0.175 e. The van der Waals surface area contributed by atoms with Gasteiger partial charge >= 0.3 is 0 Å². The first kappa shape index (κ1) is 15.0. The van der Waals surface area contributed by atoms with Gasteiger partial charge in [0.15, 0.2) is 9.84 Å². The minimum atomic E-state index is -3.26. The zero-order valence-corrected chi connectivity index (χ0v) is 12.0. The molecule has 5 heteroatoms. The van der Waals surface area contributed by atoms with Gasteiger partial charge in [0.1, 0.15) is 0 Å². The van der Waals surface area contributed by atoms with E-state index in [0.29, 0.717) is 23.7 Å². The zero-order chi connectivity index (χ0) is 13.6. The van der Waals surface area contributed by atoms with Crippen molar-refractivity contribution in [2.24, 2.45) is 0 Å². The van der Waals surface area contributed by atoms with Gasteiger partial charge < -0.3 is 5.32 Å². The van der Waals surface area contributed by atoms with Crippen molar-refractivity contribution in [1.29, 1.82) is 0 Å². The Morgan fingerprint density at radius 1 is 1.39 bits per heavy atom. The van der Waals surface area contributed by atoms with Gasteiger partial charge in [0.2, 0.25) is 0 Å². The fraction of sp³-hybridized carbons (Fsp3) is 0.385. The van der Waals surface area contributed by atoms with E-state index in [4.69, 9.17) is 11.6 Å². The molecule has 0 fully saturated rings. The van der Waals surface area contributed by atoms with Crippen LogP contribution in [-0.2, 0) is 16.4 Å². The molecule has 0 bridgehead atoms. The Hall–Kier alpha value is -1.02. The van der Waals surface area contributed by atoms with Crippen LogP contribution >= 0.6 is 11.6 Å². The van der Waals surface area contributed by atoms with Crippen LogP contribution in [0.25, 0.3) is 0 Å². The lowest BCUT2D eigenvalue weighted by Crippen LogP contribution is -2.17. The van der Waals surface area contributed by atoms with E-state index in [2.05, 4.69) is 17.2 Å². The van der Waals surface area contributed by atoms with Crippen LogP contribution in [0.1, 0.15) is 18.9 Å². The van der Waals surface area contributed by atoms with Gasteiger partial charge in [0, 0.05) is 36.4 Å². The summed E-state index contributed by atoms with van der Waals surface area (Å²) < 4.78 is 23.3. The first-order valence-corrected chi connectivity index (χ1v) is 7.81. The van der Waals surface area contributed by atoms with E-state index >= 15 is 0 Å². The second-order valence-corrected chi connectivity index (χ2v) is 6.23. The Morgan fingerprint density at radius 2 is 2.11 bits per heavy atom. The van der Waals surface area contributed by atoms with Gasteiger partial charge in [-0.2, -0.15) is 0 Å². The molecular formula is C13H16ClNO2S. The van der Waals surface area contributed by atoms with Crippen molar-refractivity contribution in [2.75, 3.05) is 12.8 Å². The predicted molar refractivity (Wildman–Crippen MR) is 74.3 cm³/mol. The van der Waals surface area contributed by atoms with Crippen molar-refractivity contribution in [1.82, 2.24) is 5.32 Å². The van der Waals surface area contributed by atoms with Crippen molar-refractivity contribution in [3.05, 3.63) is 28.8 Å². The number of rotatable bonds is 5. The summed E-state index contributed by atoms with van der Waals surface area (Å²) in [6.07, 6.45) is 1.92. The Labute approximate surface area is 113 Å². The van der Waals surface area contributed by atoms with Crippen LogP contribution in [-0.4, -0.2) is 21.2 Å². The molecule has 0 saturated heterocycles. The van der Waals surface area contributed by atoms with Crippen LogP contribution < -0.4 is 5.32 Å². The van der Waals surface area contributed by atoms with Gasteiger partial charge in [-0.1, -0.05) is 17.7 Å². The molecule has 0 aliphatic heterocycles. The third kappa shape index (κ3) is 4.34. The molecule has 0 radical (unpaired) electrons. The summed E-state index contributed by atoms with van der Waals surface area (Å²) in [4.78, 5) is 0.282. The van der Waals surface area contributed by atoms with Gasteiger partial charge in [0.25, 0.3) is 0 Å². The Kier molecular flexibility index (Phi) is 5.67. The fourth-order valence-electron chi connectivity index (χ4n) is 1.55. The topological polar surface area (TPSA) is 46.2 Å². The molecule has 0 heterocycles. The molecule has 0 amide bonds. The zero-order valence-electron chi connectivity index (χ0n) is 10.5. The molecule has 18 heavy (non-hydrogen) atoms. The minimum Gasteiger partial charge on any atom is -0.312 e. The highest BCUT2D eigenvalue weighted by Gasteiger charge is 2.15. The van der Waals surface area contributed by atoms with E-state index < -0.39 is 9.84 Å². The first-order valence-electron chi connectivity index (χ1n) is 5.54. The number of hydrogen-bond acceptors (Lipinski definition) is 3. The van der Waals surface area contributed by atoms with Gasteiger partial charge in [-0.05, 0) is 19.1 Å². The van der Waals surface area contributed by atoms with E-state index in [1.165, 1.54) is 6.26 Å². The molecule has 1 aromatic rings. The fourth-order valence-corrected chi connectivity index (χ4v) is 2.80. The van der Waals surface area contributed by atoms with E-state index in [-0.39, 0.29) is 4.90 Å². The summed E-state index contributed by atoms with van der Waals surface area (Å²) in [6, 6.07) is 4.91. The van der Waals surface area contributed by atoms with Crippen LogP contribution in [0.2, 0.25) is 5.02 Å². The van der Waals surface area contributed by atoms with E-state index in [0.717, 1.165) is 6.42 Å². The summed E-state index contributed by atoms with van der Waals surface area (Å²) >= 11 is 6.04. The molecule has 0 unspecified atom stereocenters. The van der Waals surface area contributed by atoms with Crippen molar-refractivity contribution in [3.8, 4) is 11.8 Å². The molecule has 1 N–H and O–H groups in total. The molecular weight excluding hydrogens is 270 g/mol. The van der Waals surface area contributed by atoms with E-state index in [1.807, 2.05) is 0 Å². The lowest BCUT2D eigenvalue weighted by molar-refractivity contribution is 0.599. The van der Waals surface area contributed by atoms with Crippen LogP contribution in [0, 0.1) is 11.8 Å². The molecule has 0 saturated carbocycles. The standard InChI is InChI=1S/C13H16ClNO2S/c1-3-4-5-9-15-10-11-12(14)7-6-8-13(11)18(2,16)17/h6-8,15H,5,9-10H2,1-2H3. The first-order chi connectivity index (χ1) is 8.46. The van der Waals surface area contributed by atoms with Crippen LogP contribution in [0.15, 0.2) is 23.1 Å². The quantitative estimate of drug-likeness (QED) is 0.667. The second-order valence-electron chi connectivity index (χ2n) is 3.84. The summed E-state index contributed by atoms with van der Waals surface area (Å²) in [5, 5.41) is 3.60. The number of sulfone groups is 1. The lowest BCUT2D eigenvalue weighted by atomic mass is 10.2. The molecule has 0 aliphatic rings.